The number of benzene rings is 1. The van der Waals surface area contributed by atoms with Gasteiger partial charge in [0.25, 0.3) is 0 Å². The minimum atomic E-state index is 0.235. The van der Waals surface area contributed by atoms with Crippen molar-refractivity contribution in [2.75, 3.05) is 13.2 Å². The SMILES string of the molecule is Cc1c(CC#N)c(C)c(CC2=N[C@@H](C(C)C)CO2)c(C)c1CC1=N[C@@H](C(C)C)CO1. The van der Waals surface area contributed by atoms with Crippen molar-refractivity contribution in [3.8, 4) is 6.07 Å². The number of aliphatic imine (C=N–C) groups is 2. The molecular weight excluding hydrogens is 374 g/mol. The highest BCUT2D eigenvalue weighted by Crippen LogP contribution is 2.31. The van der Waals surface area contributed by atoms with Crippen molar-refractivity contribution in [1.29, 1.82) is 5.26 Å². The highest BCUT2D eigenvalue weighted by atomic mass is 16.5. The summed E-state index contributed by atoms with van der Waals surface area (Å²) in [6.45, 7) is 16.5. The first-order valence-corrected chi connectivity index (χ1v) is 11.1. The molecule has 5 nitrogen and oxygen atoms in total. The average Bonchev–Trinajstić information content (AvgIpc) is 3.35. The molecule has 0 amide bonds. The molecule has 5 heteroatoms. The van der Waals surface area contributed by atoms with Crippen LogP contribution in [0.4, 0.5) is 0 Å². The lowest BCUT2D eigenvalue weighted by Crippen LogP contribution is -2.15. The summed E-state index contributed by atoms with van der Waals surface area (Å²) in [4.78, 5) is 9.61. The molecule has 0 aliphatic carbocycles. The standard InChI is InChI=1S/C25H35N3O2/c1-14(2)22-12-29-24(27-22)10-20-16(5)19(8-9-26)17(6)21(18(20)7)11-25-28-23(13-30-25)15(3)4/h14-15,22-23H,8,10-13H2,1-7H3/t22-,23-/m1/s1. The maximum Gasteiger partial charge on any atom is 0.188 e. The van der Waals surface area contributed by atoms with E-state index in [0.717, 1.165) is 17.4 Å². The highest BCUT2D eigenvalue weighted by molar-refractivity contribution is 5.83. The van der Waals surface area contributed by atoms with Crippen molar-refractivity contribution in [3.05, 3.63) is 33.4 Å². The van der Waals surface area contributed by atoms with Gasteiger partial charge in [0, 0.05) is 12.8 Å². The predicted molar refractivity (Wildman–Crippen MR) is 121 cm³/mol. The molecule has 2 heterocycles. The molecule has 0 unspecified atom stereocenters. The number of hydrogen-bond acceptors (Lipinski definition) is 5. The van der Waals surface area contributed by atoms with Crippen molar-refractivity contribution in [3.63, 3.8) is 0 Å². The van der Waals surface area contributed by atoms with E-state index < -0.39 is 0 Å². The van der Waals surface area contributed by atoms with Crippen molar-refractivity contribution >= 4 is 11.8 Å². The Hall–Kier alpha value is -2.35. The minimum absolute atomic E-state index is 0.235. The second-order valence-corrected chi connectivity index (χ2v) is 9.29. The lowest BCUT2D eigenvalue weighted by Gasteiger charge is -2.21. The lowest BCUT2D eigenvalue weighted by atomic mass is 9.84. The number of nitrogens with zero attached hydrogens (tertiary/aromatic N) is 3. The van der Waals surface area contributed by atoms with Gasteiger partial charge >= 0.3 is 0 Å². The summed E-state index contributed by atoms with van der Waals surface area (Å²) in [6, 6.07) is 2.82. The van der Waals surface area contributed by atoms with Gasteiger partial charge in [-0.2, -0.15) is 5.26 Å². The van der Waals surface area contributed by atoms with Crippen LogP contribution in [0.5, 0.6) is 0 Å². The molecule has 162 valence electrons. The normalized spacial score (nSPS) is 20.8. The van der Waals surface area contributed by atoms with Crippen LogP contribution in [-0.2, 0) is 28.7 Å². The van der Waals surface area contributed by atoms with E-state index in [1.807, 2.05) is 0 Å². The predicted octanol–water partition coefficient (Wildman–Crippen LogP) is 4.67. The third kappa shape index (κ3) is 4.53. The fourth-order valence-corrected chi connectivity index (χ4v) is 4.33. The Morgan fingerprint density at radius 2 is 1.20 bits per heavy atom. The molecule has 0 saturated heterocycles. The Balaban J connectivity index is 1.98. The van der Waals surface area contributed by atoms with Crippen LogP contribution in [0.1, 0.15) is 61.1 Å². The van der Waals surface area contributed by atoms with Gasteiger partial charge in [-0.25, -0.2) is 9.98 Å². The molecule has 1 aromatic carbocycles. The van der Waals surface area contributed by atoms with Gasteiger partial charge in [0.15, 0.2) is 11.8 Å². The van der Waals surface area contributed by atoms with E-state index >= 15 is 0 Å². The van der Waals surface area contributed by atoms with Gasteiger partial charge in [-0.1, -0.05) is 27.7 Å². The Morgan fingerprint density at radius 1 is 0.800 bits per heavy atom. The van der Waals surface area contributed by atoms with Gasteiger partial charge in [0.1, 0.15) is 13.2 Å². The maximum absolute atomic E-state index is 9.43. The maximum atomic E-state index is 9.43. The molecule has 0 saturated carbocycles. The Labute approximate surface area is 181 Å². The first kappa shape index (κ1) is 22.3. The Bertz CT molecular complexity index is 843. The quantitative estimate of drug-likeness (QED) is 0.657. The van der Waals surface area contributed by atoms with Crippen molar-refractivity contribution in [1.82, 2.24) is 0 Å². The zero-order valence-corrected chi connectivity index (χ0v) is 19.5. The van der Waals surface area contributed by atoms with Gasteiger partial charge in [0.2, 0.25) is 0 Å². The molecule has 0 spiro atoms. The summed E-state index contributed by atoms with van der Waals surface area (Å²) in [5, 5.41) is 9.43. The van der Waals surface area contributed by atoms with Gasteiger partial charge in [-0.15, -0.1) is 0 Å². The van der Waals surface area contributed by atoms with Crippen molar-refractivity contribution in [2.45, 2.75) is 79.8 Å². The summed E-state index contributed by atoms with van der Waals surface area (Å²) in [5.41, 5.74) is 7.18. The van der Waals surface area contributed by atoms with E-state index in [9.17, 15) is 5.26 Å². The average molecular weight is 410 g/mol. The fraction of sp³-hybridized carbons (Fsp3) is 0.640. The summed E-state index contributed by atoms with van der Waals surface area (Å²) < 4.78 is 11.8. The van der Waals surface area contributed by atoms with E-state index in [2.05, 4.69) is 54.5 Å². The summed E-state index contributed by atoms with van der Waals surface area (Å²) >= 11 is 0. The molecule has 0 aromatic heterocycles. The Morgan fingerprint density at radius 3 is 1.53 bits per heavy atom. The van der Waals surface area contributed by atoms with E-state index in [1.54, 1.807) is 0 Å². The second kappa shape index (κ2) is 9.20. The van der Waals surface area contributed by atoms with E-state index in [4.69, 9.17) is 19.5 Å². The molecule has 2 aliphatic heterocycles. The molecule has 30 heavy (non-hydrogen) atoms. The van der Waals surface area contributed by atoms with Crippen LogP contribution < -0.4 is 0 Å². The lowest BCUT2D eigenvalue weighted by molar-refractivity contribution is 0.287. The van der Waals surface area contributed by atoms with Crippen LogP contribution in [0.3, 0.4) is 0 Å². The molecule has 0 fully saturated rings. The third-order valence-electron chi connectivity index (χ3n) is 6.63. The summed E-state index contributed by atoms with van der Waals surface area (Å²) in [6.07, 6.45) is 1.75. The smallest absolute Gasteiger partial charge is 0.188 e. The first-order chi connectivity index (χ1) is 14.2. The van der Waals surface area contributed by atoms with E-state index in [1.165, 1.54) is 27.8 Å². The van der Waals surface area contributed by atoms with E-state index in [-0.39, 0.29) is 12.1 Å². The number of hydrogen-bond donors (Lipinski definition) is 0. The first-order valence-electron chi connectivity index (χ1n) is 11.1. The van der Waals surface area contributed by atoms with Crippen LogP contribution in [0.2, 0.25) is 0 Å². The Kier molecular flexibility index (Phi) is 6.85. The van der Waals surface area contributed by atoms with Gasteiger partial charge < -0.3 is 9.47 Å². The largest absolute Gasteiger partial charge is 0.478 e. The van der Waals surface area contributed by atoms with Crippen molar-refractivity contribution in [2.24, 2.45) is 21.8 Å². The van der Waals surface area contributed by atoms with Gasteiger partial charge in [0.05, 0.1) is 24.6 Å². The topological polar surface area (TPSA) is 67.0 Å². The molecule has 0 N–H and O–H groups in total. The molecule has 2 atom stereocenters. The van der Waals surface area contributed by atoms with Crippen LogP contribution in [-0.4, -0.2) is 37.1 Å². The third-order valence-corrected chi connectivity index (χ3v) is 6.63. The second-order valence-electron chi connectivity index (χ2n) is 9.29. The zero-order chi connectivity index (χ0) is 22.0. The summed E-state index contributed by atoms with van der Waals surface area (Å²) in [5.74, 6) is 2.57. The zero-order valence-electron chi connectivity index (χ0n) is 19.5. The van der Waals surface area contributed by atoms with Crippen molar-refractivity contribution < 1.29 is 9.47 Å². The summed E-state index contributed by atoms with van der Waals surface area (Å²) in [7, 11) is 0. The number of nitriles is 1. The minimum Gasteiger partial charge on any atom is -0.478 e. The molecule has 2 aliphatic rings. The van der Waals surface area contributed by atoms with Gasteiger partial charge in [-0.3, -0.25) is 0 Å². The monoisotopic (exact) mass is 409 g/mol. The van der Waals surface area contributed by atoms with Crippen LogP contribution in [0.25, 0.3) is 0 Å². The fourth-order valence-electron chi connectivity index (χ4n) is 4.33. The number of ether oxygens (including phenoxy) is 2. The van der Waals surface area contributed by atoms with E-state index in [0.29, 0.717) is 44.3 Å². The van der Waals surface area contributed by atoms with Crippen LogP contribution >= 0.6 is 0 Å². The number of rotatable bonds is 7. The molecule has 1 aromatic rings. The molecule has 0 radical (unpaired) electrons. The van der Waals surface area contributed by atoms with Crippen LogP contribution in [0, 0.1) is 43.9 Å². The van der Waals surface area contributed by atoms with Gasteiger partial charge in [-0.05, 0) is 66.0 Å². The van der Waals surface area contributed by atoms with Crippen LogP contribution in [0.15, 0.2) is 9.98 Å². The molecule has 3 rings (SSSR count). The highest BCUT2D eigenvalue weighted by Gasteiger charge is 2.27. The molecule has 0 bridgehead atoms. The molecular formula is C25H35N3O2.